The monoisotopic (exact) mass is 367 g/mol. The third-order valence-electron chi connectivity index (χ3n) is 5.20. The van der Waals surface area contributed by atoms with Gasteiger partial charge in [-0.2, -0.15) is 0 Å². The molecular weight excluding hydrogens is 346 g/mol. The van der Waals surface area contributed by atoms with Gasteiger partial charge in [-0.25, -0.2) is 4.98 Å². The Kier molecular flexibility index (Phi) is 4.93. The van der Waals surface area contributed by atoms with Crippen molar-refractivity contribution >= 4 is 28.5 Å². The van der Waals surface area contributed by atoms with Crippen molar-refractivity contribution in [3.8, 4) is 0 Å². The average Bonchev–Trinajstić information content (AvgIpc) is 2.89. The van der Waals surface area contributed by atoms with Crippen molar-refractivity contribution in [3.05, 3.63) is 65.4 Å². The lowest BCUT2D eigenvalue weighted by Crippen LogP contribution is -2.36. The summed E-state index contributed by atoms with van der Waals surface area (Å²) in [5.74, 6) is 0.535. The first-order chi connectivity index (χ1) is 12.7. The normalized spacial score (nSPS) is 18.0. The molecule has 0 saturated carbocycles. The van der Waals surface area contributed by atoms with Gasteiger partial charge in [0, 0.05) is 24.0 Å². The number of carbonyl (C=O) groups excluding carboxylic acids is 1. The highest BCUT2D eigenvalue weighted by atomic mass is 35.5. The van der Waals surface area contributed by atoms with Crippen LogP contribution in [-0.2, 0) is 11.3 Å². The van der Waals surface area contributed by atoms with Crippen LogP contribution in [0.4, 0.5) is 0 Å². The molecule has 1 unspecified atom stereocenters. The van der Waals surface area contributed by atoms with Crippen LogP contribution in [0.3, 0.4) is 0 Å². The van der Waals surface area contributed by atoms with Crippen molar-refractivity contribution < 1.29 is 4.79 Å². The van der Waals surface area contributed by atoms with Crippen LogP contribution in [0.25, 0.3) is 11.0 Å². The first kappa shape index (κ1) is 17.1. The number of halogens is 1. The van der Waals surface area contributed by atoms with Gasteiger partial charge < -0.3 is 9.47 Å². The van der Waals surface area contributed by atoms with Gasteiger partial charge in [-0.1, -0.05) is 42.3 Å². The van der Waals surface area contributed by atoms with Crippen molar-refractivity contribution in [3.63, 3.8) is 0 Å². The predicted octanol–water partition coefficient (Wildman–Crippen LogP) is 4.49. The second-order valence-electron chi connectivity index (χ2n) is 6.95. The number of para-hydroxylation sites is 2. The number of hydrogen-bond acceptors (Lipinski definition) is 2. The van der Waals surface area contributed by atoms with Crippen molar-refractivity contribution in [2.75, 3.05) is 13.1 Å². The second-order valence-corrected chi connectivity index (χ2v) is 7.38. The van der Waals surface area contributed by atoms with E-state index in [9.17, 15) is 4.79 Å². The molecule has 4 nitrogen and oxygen atoms in total. The fourth-order valence-electron chi connectivity index (χ4n) is 3.76. The molecule has 5 heteroatoms. The van der Waals surface area contributed by atoms with Crippen molar-refractivity contribution in [1.82, 2.24) is 14.5 Å². The summed E-state index contributed by atoms with van der Waals surface area (Å²) < 4.78 is 1.94. The van der Waals surface area contributed by atoms with Crippen molar-refractivity contribution in [2.45, 2.75) is 31.7 Å². The molecule has 3 aromatic rings. The largest absolute Gasteiger partial charge is 0.341 e. The van der Waals surface area contributed by atoms with E-state index in [-0.39, 0.29) is 5.91 Å². The van der Waals surface area contributed by atoms with E-state index in [1.54, 1.807) is 6.33 Å². The number of rotatable bonds is 3. The van der Waals surface area contributed by atoms with Gasteiger partial charge in [0.25, 0.3) is 0 Å². The van der Waals surface area contributed by atoms with Crippen LogP contribution < -0.4 is 0 Å². The maximum Gasteiger partial charge on any atom is 0.242 e. The fraction of sp³-hybridized carbons (Fsp3) is 0.333. The summed E-state index contributed by atoms with van der Waals surface area (Å²) in [4.78, 5) is 19.3. The molecule has 0 radical (unpaired) electrons. The Bertz CT molecular complexity index is 903. The zero-order valence-corrected chi connectivity index (χ0v) is 15.4. The molecule has 0 bridgehead atoms. The molecule has 1 fully saturated rings. The molecule has 26 heavy (non-hydrogen) atoms. The summed E-state index contributed by atoms with van der Waals surface area (Å²) in [5, 5.41) is 0.752. The highest BCUT2D eigenvalue weighted by Gasteiger charge is 2.23. The van der Waals surface area contributed by atoms with E-state index in [1.807, 2.05) is 45.9 Å². The minimum absolute atomic E-state index is 0.161. The Morgan fingerprint density at radius 3 is 2.77 bits per heavy atom. The summed E-state index contributed by atoms with van der Waals surface area (Å²) in [6.45, 7) is 1.94. The molecule has 0 N–H and O–H groups in total. The zero-order valence-electron chi connectivity index (χ0n) is 14.6. The lowest BCUT2D eigenvalue weighted by atomic mass is 9.94. The van der Waals surface area contributed by atoms with E-state index in [4.69, 9.17) is 11.6 Å². The second kappa shape index (κ2) is 7.50. The standard InChI is InChI=1S/C21H22ClN3O/c22-18-10-8-16(9-11-18)17-5-3-4-12-24(13-17)21(26)14-25-15-23-19-6-1-2-7-20(19)25/h1-2,6-11,15,17H,3-5,12-14H2. The van der Waals surface area contributed by atoms with Crippen LogP contribution in [0.2, 0.25) is 5.02 Å². The summed E-state index contributed by atoms with van der Waals surface area (Å²) in [7, 11) is 0. The first-order valence-corrected chi connectivity index (χ1v) is 9.51. The maximum absolute atomic E-state index is 12.9. The molecule has 2 aromatic carbocycles. The molecule has 0 spiro atoms. The summed E-state index contributed by atoms with van der Waals surface area (Å²) in [6.07, 6.45) is 5.07. The lowest BCUT2D eigenvalue weighted by molar-refractivity contribution is -0.131. The topological polar surface area (TPSA) is 38.1 Å². The van der Waals surface area contributed by atoms with Gasteiger partial charge in [0.2, 0.25) is 5.91 Å². The lowest BCUT2D eigenvalue weighted by Gasteiger charge is -2.25. The Balaban J connectivity index is 1.50. The van der Waals surface area contributed by atoms with E-state index >= 15 is 0 Å². The Morgan fingerprint density at radius 1 is 1.12 bits per heavy atom. The molecule has 4 rings (SSSR count). The SMILES string of the molecule is O=C(Cn1cnc2ccccc21)N1CCCCC(c2ccc(Cl)cc2)C1. The highest BCUT2D eigenvalue weighted by Crippen LogP contribution is 2.27. The average molecular weight is 368 g/mol. The molecule has 134 valence electrons. The summed E-state index contributed by atoms with van der Waals surface area (Å²) in [5.41, 5.74) is 3.20. The number of carbonyl (C=O) groups is 1. The van der Waals surface area contributed by atoms with Gasteiger partial charge >= 0.3 is 0 Å². The summed E-state index contributed by atoms with van der Waals surface area (Å²) >= 11 is 6.02. The molecule has 1 amide bonds. The third-order valence-corrected chi connectivity index (χ3v) is 5.45. The van der Waals surface area contributed by atoms with Gasteiger partial charge in [-0.15, -0.1) is 0 Å². The van der Waals surface area contributed by atoms with Gasteiger partial charge in [0.1, 0.15) is 6.54 Å². The highest BCUT2D eigenvalue weighted by molar-refractivity contribution is 6.30. The molecular formula is C21H22ClN3O. The molecule has 2 heterocycles. The molecule has 1 aliphatic rings. The van der Waals surface area contributed by atoms with Crippen molar-refractivity contribution in [2.24, 2.45) is 0 Å². The summed E-state index contributed by atoms with van der Waals surface area (Å²) in [6, 6.07) is 16.0. The van der Waals surface area contributed by atoms with Gasteiger partial charge in [0.15, 0.2) is 0 Å². The van der Waals surface area contributed by atoms with E-state index in [2.05, 4.69) is 17.1 Å². The van der Waals surface area contributed by atoms with E-state index in [0.717, 1.165) is 48.4 Å². The van der Waals surface area contributed by atoms with Gasteiger partial charge in [-0.3, -0.25) is 4.79 Å². The molecule has 0 aliphatic carbocycles. The molecule has 1 aromatic heterocycles. The predicted molar refractivity (Wildman–Crippen MR) is 104 cm³/mol. The number of amides is 1. The van der Waals surface area contributed by atoms with Crippen LogP contribution in [0, 0.1) is 0 Å². The molecule has 1 aliphatic heterocycles. The van der Waals surface area contributed by atoms with Crippen LogP contribution in [0.15, 0.2) is 54.9 Å². The smallest absolute Gasteiger partial charge is 0.242 e. The number of hydrogen-bond donors (Lipinski definition) is 0. The zero-order chi connectivity index (χ0) is 17.9. The van der Waals surface area contributed by atoms with Gasteiger partial charge in [0.05, 0.1) is 17.4 Å². The van der Waals surface area contributed by atoms with Crippen molar-refractivity contribution in [1.29, 1.82) is 0 Å². The van der Waals surface area contributed by atoms with Crippen LogP contribution in [-0.4, -0.2) is 33.4 Å². The quantitative estimate of drug-likeness (QED) is 0.684. The number of nitrogens with zero attached hydrogens (tertiary/aromatic N) is 3. The number of benzene rings is 2. The van der Waals surface area contributed by atoms with Crippen LogP contribution >= 0.6 is 11.6 Å². The number of aromatic nitrogens is 2. The first-order valence-electron chi connectivity index (χ1n) is 9.14. The third kappa shape index (κ3) is 3.61. The Labute approximate surface area is 158 Å². The maximum atomic E-state index is 12.9. The van der Waals surface area contributed by atoms with Crippen LogP contribution in [0.1, 0.15) is 30.7 Å². The van der Waals surface area contributed by atoms with Crippen LogP contribution in [0.5, 0.6) is 0 Å². The number of fused-ring (bicyclic) bond motifs is 1. The van der Waals surface area contributed by atoms with Gasteiger partial charge in [-0.05, 0) is 42.7 Å². The Morgan fingerprint density at radius 2 is 1.92 bits per heavy atom. The Hall–Kier alpha value is -2.33. The van der Waals surface area contributed by atoms with E-state index in [1.165, 1.54) is 5.56 Å². The fourth-order valence-corrected chi connectivity index (χ4v) is 3.88. The van der Waals surface area contributed by atoms with E-state index < -0.39 is 0 Å². The molecule has 1 saturated heterocycles. The minimum Gasteiger partial charge on any atom is -0.341 e. The molecule has 1 atom stereocenters. The number of likely N-dealkylation sites (tertiary alicyclic amines) is 1. The minimum atomic E-state index is 0.161. The number of imidazole rings is 1. The van der Waals surface area contributed by atoms with E-state index in [0.29, 0.717) is 12.5 Å².